The number of esters is 1. The van der Waals surface area contributed by atoms with Crippen LogP contribution in [0.15, 0.2) is 0 Å². The molecule has 18 heavy (non-hydrogen) atoms. The molecule has 0 amide bonds. The van der Waals surface area contributed by atoms with E-state index in [1.54, 1.807) is 14.0 Å². The molecule has 0 N–H and O–H groups in total. The van der Waals surface area contributed by atoms with E-state index in [4.69, 9.17) is 9.47 Å². The lowest BCUT2D eigenvalue weighted by molar-refractivity contribution is 0.0187. The highest BCUT2D eigenvalue weighted by atomic mass is 32.1. The number of hydrogen-bond acceptors (Lipinski definition) is 6. The molecule has 0 radical (unpaired) electrons. The van der Waals surface area contributed by atoms with Crippen molar-refractivity contribution in [1.29, 1.82) is 0 Å². The molecule has 5 nitrogen and oxygen atoms in total. The third kappa shape index (κ3) is 2.94. The molecule has 0 saturated carbocycles. The summed E-state index contributed by atoms with van der Waals surface area (Å²) in [4.78, 5) is 27.8. The van der Waals surface area contributed by atoms with Crippen LogP contribution in [0.1, 0.15) is 52.9 Å². The second-order valence-corrected chi connectivity index (χ2v) is 5.19. The van der Waals surface area contributed by atoms with Crippen LogP contribution < -0.4 is 0 Å². The third-order valence-corrected chi connectivity index (χ3v) is 3.90. The fourth-order valence-electron chi connectivity index (χ4n) is 1.24. The number of ether oxygens (including phenoxy) is 2. The maximum Gasteiger partial charge on any atom is 0.358 e. The Kier molecular flexibility index (Phi) is 4.59. The van der Waals surface area contributed by atoms with Crippen molar-refractivity contribution in [2.45, 2.75) is 33.3 Å². The third-order valence-electron chi connectivity index (χ3n) is 2.44. The van der Waals surface area contributed by atoms with Crippen molar-refractivity contribution in [2.75, 3.05) is 13.7 Å². The summed E-state index contributed by atoms with van der Waals surface area (Å²) in [7, 11) is 1.55. The summed E-state index contributed by atoms with van der Waals surface area (Å²) >= 11 is 1.17. The number of carbonyl (C=O) groups is 2. The van der Waals surface area contributed by atoms with Crippen LogP contribution in [0.4, 0.5) is 0 Å². The topological polar surface area (TPSA) is 65.5 Å². The summed E-state index contributed by atoms with van der Waals surface area (Å²) in [5.41, 5.74) is -0.561. The summed E-state index contributed by atoms with van der Waals surface area (Å²) in [6, 6.07) is 0. The average molecular weight is 271 g/mol. The summed E-state index contributed by atoms with van der Waals surface area (Å²) in [5.74, 6) is -0.772. The van der Waals surface area contributed by atoms with Crippen LogP contribution in [0, 0.1) is 0 Å². The number of rotatable bonds is 5. The van der Waals surface area contributed by atoms with E-state index in [2.05, 4.69) is 4.98 Å². The van der Waals surface area contributed by atoms with Crippen LogP contribution in [0.3, 0.4) is 0 Å². The molecule has 0 aromatic carbocycles. The highest BCUT2D eigenvalue weighted by molar-refractivity contribution is 7.14. The Balaban J connectivity index is 3.25. The van der Waals surface area contributed by atoms with Crippen molar-refractivity contribution in [3.63, 3.8) is 0 Å². The maximum absolute atomic E-state index is 11.7. The van der Waals surface area contributed by atoms with Gasteiger partial charge in [-0.15, -0.1) is 11.3 Å². The van der Waals surface area contributed by atoms with E-state index < -0.39 is 11.6 Å². The van der Waals surface area contributed by atoms with Gasteiger partial charge in [-0.1, -0.05) is 0 Å². The molecule has 6 heteroatoms. The molecule has 0 unspecified atom stereocenters. The van der Waals surface area contributed by atoms with Gasteiger partial charge in [0.2, 0.25) is 0 Å². The largest absolute Gasteiger partial charge is 0.461 e. The number of aromatic nitrogens is 1. The Hall–Kier alpha value is -1.27. The van der Waals surface area contributed by atoms with Crippen molar-refractivity contribution in [3.8, 4) is 0 Å². The monoisotopic (exact) mass is 271 g/mol. The number of nitrogens with zero attached hydrogens (tertiary/aromatic N) is 1. The lowest BCUT2D eigenvalue weighted by Gasteiger charge is -2.19. The number of Topliss-reactive ketones (excluding diaryl/α,β-unsaturated/α-hetero) is 1. The standard InChI is InChI=1S/C12H17NO4S/c1-6-17-10(15)8-9(7(2)14)18-11(13-8)12(3,4)16-5/h6H2,1-5H3. The number of methoxy groups -OCH3 is 1. The predicted molar refractivity (Wildman–Crippen MR) is 68.1 cm³/mol. The fourth-order valence-corrected chi connectivity index (χ4v) is 2.27. The second-order valence-electron chi connectivity index (χ2n) is 4.19. The molecule has 0 aliphatic carbocycles. The lowest BCUT2D eigenvalue weighted by Crippen LogP contribution is -2.19. The van der Waals surface area contributed by atoms with Crippen LogP contribution >= 0.6 is 11.3 Å². The zero-order valence-electron chi connectivity index (χ0n) is 11.2. The minimum Gasteiger partial charge on any atom is -0.461 e. The molecular weight excluding hydrogens is 254 g/mol. The molecular formula is C12H17NO4S. The molecule has 0 spiro atoms. The molecule has 1 aromatic rings. The van der Waals surface area contributed by atoms with Crippen LogP contribution in [0.2, 0.25) is 0 Å². The molecule has 0 aliphatic rings. The van der Waals surface area contributed by atoms with E-state index in [-0.39, 0.29) is 18.1 Å². The van der Waals surface area contributed by atoms with Crippen molar-refractivity contribution < 1.29 is 19.1 Å². The highest BCUT2D eigenvalue weighted by Crippen LogP contribution is 2.31. The molecule has 0 fully saturated rings. The number of thiazole rings is 1. The van der Waals surface area contributed by atoms with Crippen molar-refractivity contribution in [1.82, 2.24) is 4.98 Å². The second kappa shape index (κ2) is 5.58. The van der Waals surface area contributed by atoms with Gasteiger partial charge in [0.1, 0.15) is 15.5 Å². The van der Waals surface area contributed by atoms with E-state index in [1.165, 1.54) is 18.3 Å². The first kappa shape index (κ1) is 14.8. The van der Waals surface area contributed by atoms with E-state index in [9.17, 15) is 9.59 Å². The van der Waals surface area contributed by atoms with Gasteiger partial charge in [-0.2, -0.15) is 0 Å². The first-order valence-electron chi connectivity index (χ1n) is 5.58. The molecule has 0 bridgehead atoms. The number of carbonyl (C=O) groups excluding carboxylic acids is 2. The van der Waals surface area contributed by atoms with Gasteiger partial charge in [0, 0.05) is 14.0 Å². The SMILES string of the molecule is CCOC(=O)c1nc(C(C)(C)OC)sc1C(C)=O. The molecule has 100 valence electrons. The average Bonchev–Trinajstić information content (AvgIpc) is 2.75. The fraction of sp³-hybridized carbons (Fsp3) is 0.583. The Morgan fingerprint density at radius 3 is 2.44 bits per heavy atom. The zero-order chi connectivity index (χ0) is 13.9. The lowest BCUT2D eigenvalue weighted by atomic mass is 10.1. The van der Waals surface area contributed by atoms with Crippen LogP contribution in [-0.4, -0.2) is 30.5 Å². The zero-order valence-corrected chi connectivity index (χ0v) is 12.0. The van der Waals surface area contributed by atoms with Gasteiger partial charge < -0.3 is 9.47 Å². The quantitative estimate of drug-likeness (QED) is 0.607. The molecule has 0 saturated heterocycles. The van der Waals surface area contributed by atoms with Gasteiger partial charge in [0.15, 0.2) is 11.5 Å². The molecule has 1 aromatic heterocycles. The summed E-state index contributed by atoms with van der Waals surface area (Å²) in [5, 5.41) is 0.582. The molecule has 0 atom stereocenters. The smallest absolute Gasteiger partial charge is 0.358 e. The normalized spacial score (nSPS) is 11.4. The Morgan fingerprint density at radius 2 is 2.00 bits per heavy atom. The van der Waals surface area contributed by atoms with Crippen molar-refractivity contribution in [2.24, 2.45) is 0 Å². The van der Waals surface area contributed by atoms with Gasteiger partial charge in [0.25, 0.3) is 0 Å². The van der Waals surface area contributed by atoms with Gasteiger partial charge in [-0.25, -0.2) is 9.78 Å². The van der Waals surface area contributed by atoms with Crippen molar-refractivity contribution >= 4 is 23.1 Å². The van der Waals surface area contributed by atoms with Crippen LogP contribution in [0.25, 0.3) is 0 Å². The molecule has 1 heterocycles. The summed E-state index contributed by atoms with van der Waals surface area (Å²) < 4.78 is 10.2. The summed E-state index contributed by atoms with van der Waals surface area (Å²) in [6.45, 7) is 7.00. The molecule has 0 aliphatic heterocycles. The number of ketones is 1. The summed E-state index contributed by atoms with van der Waals surface area (Å²) in [6.07, 6.45) is 0. The van der Waals surface area contributed by atoms with E-state index in [1.807, 2.05) is 13.8 Å². The Bertz CT molecular complexity index is 465. The Labute approximate surface area is 110 Å². The highest BCUT2D eigenvalue weighted by Gasteiger charge is 2.30. The Morgan fingerprint density at radius 1 is 1.39 bits per heavy atom. The van der Waals surface area contributed by atoms with E-state index >= 15 is 0 Å². The van der Waals surface area contributed by atoms with Gasteiger partial charge in [-0.3, -0.25) is 4.79 Å². The molecule has 1 rings (SSSR count). The van der Waals surface area contributed by atoms with Crippen LogP contribution in [-0.2, 0) is 15.1 Å². The van der Waals surface area contributed by atoms with Crippen LogP contribution in [0.5, 0.6) is 0 Å². The first-order chi connectivity index (χ1) is 8.33. The van der Waals surface area contributed by atoms with Gasteiger partial charge in [-0.05, 0) is 20.8 Å². The maximum atomic E-state index is 11.7. The van der Waals surface area contributed by atoms with Crippen molar-refractivity contribution in [3.05, 3.63) is 15.6 Å². The minimum atomic E-state index is -0.639. The van der Waals surface area contributed by atoms with Gasteiger partial charge >= 0.3 is 5.97 Å². The van der Waals surface area contributed by atoms with Gasteiger partial charge in [0.05, 0.1) is 6.61 Å². The first-order valence-corrected chi connectivity index (χ1v) is 6.39. The predicted octanol–water partition coefficient (Wildman–Crippen LogP) is 2.40. The number of hydrogen-bond donors (Lipinski definition) is 0. The minimum absolute atomic E-state index is 0.0782. The van der Waals surface area contributed by atoms with E-state index in [0.717, 1.165) is 0 Å². The van der Waals surface area contributed by atoms with E-state index in [0.29, 0.717) is 9.88 Å².